The zero-order valence-corrected chi connectivity index (χ0v) is 19.4. The van der Waals surface area contributed by atoms with Gasteiger partial charge in [0.15, 0.2) is 18.5 Å². The smallest absolute Gasteiger partial charge is 0.494 e. The number of nitrogens with zero attached hydrogens (tertiary/aromatic N) is 2. The van der Waals surface area contributed by atoms with E-state index in [2.05, 4.69) is 69.8 Å². The number of ketones is 1. The van der Waals surface area contributed by atoms with Crippen LogP contribution in [-0.2, 0) is 24.9 Å². The van der Waals surface area contributed by atoms with Crippen LogP contribution in [0.4, 0.5) is 17.1 Å². The summed E-state index contributed by atoms with van der Waals surface area (Å²) in [5.74, 6) is -0.0625. The Hall–Kier alpha value is -2.49. The predicted molar refractivity (Wildman–Crippen MR) is 113 cm³/mol. The van der Waals surface area contributed by atoms with E-state index in [-0.39, 0.29) is 31.6 Å². The van der Waals surface area contributed by atoms with E-state index in [0.29, 0.717) is 0 Å². The molecule has 3 aromatic rings. The number of aliphatic hydroxyl groups excluding tert-OH is 1. The largest absolute Gasteiger partial charge is 0.512 e. The number of carbonyl (C=O) groups excluding carboxylic acids is 1. The Morgan fingerprint density at radius 3 is 2.59 bits per heavy atom. The first-order valence-corrected chi connectivity index (χ1v) is 9.69. The van der Waals surface area contributed by atoms with Crippen LogP contribution in [0.3, 0.4) is 0 Å². The van der Waals surface area contributed by atoms with Crippen LogP contribution in [0.25, 0.3) is 10.8 Å². The van der Waals surface area contributed by atoms with Gasteiger partial charge in [-0.2, -0.15) is 0 Å². The van der Waals surface area contributed by atoms with E-state index < -0.39 is 0 Å². The van der Waals surface area contributed by atoms with Crippen molar-refractivity contribution in [2.45, 2.75) is 23.6 Å². The summed E-state index contributed by atoms with van der Waals surface area (Å²) in [6.45, 7) is 2.85. The molecule has 6 heteroatoms. The molecule has 2 aliphatic rings. The Balaban J connectivity index is 0.000000263. The average molecular weight is 580 g/mol. The van der Waals surface area contributed by atoms with Crippen LogP contribution < -0.4 is 4.58 Å². The van der Waals surface area contributed by atoms with E-state index >= 15 is 0 Å². The second kappa shape index (κ2) is 8.48. The SMILES string of the molecule is CC(=O)/C=C(/C)O.C[N+]1=C=[N+]2c3[c-]c4ccccc4cc3Sc3cccc1c32.[Ir]. The molecule has 147 valence electrons. The van der Waals surface area contributed by atoms with Crippen molar-refractivity contribution in [2.24, 2.45) is 0 Å². The maximum absolute atomic E-state index is 10.0. The van der Waals surface area contributed by atoms with Crippen molar-refractivity contribution in [3.63, 3.8) is 0 Å². The first-order valence-electron chi connectivity index (χ1n) is 8.88. The predicted octanol–water partition coefficient (Wildman–Crippen LogP) is 5.44. The van der Waals surface area contributed by atoms with Crippen molar-refractivity contribution >= 4 is 51.4 Å². The van der Waals surface area contributed by atoms with Crippen LogP contribution in [0.2, 0.25) is 0 Å². The van der Waals surface area contributed by atoms with Crippen LogP contribution >= 0.6 is 11.8 Å². The van der Waals surface area contributed by atoms with Gasteiger partial charge in [0.25, 0.3) is 5.69 Å². The van der Waals surface area contributed by atoms with Crippen molar-refractivity contribution in [3.8, 4) is 0 Å². The van der Waals surface area contributed by atoms with E-state index in [9.17, 15) is 4.79 Å². The summed E-state index contributed by atoms with van der Waals surface area (Å²) >= 11 is 1.82. The van der Waals surface area contributed by atoms with Crippen molar-refractivity contribution in [3.05, 3.63) is 66.4 Å². The Labute approximate surface area is 187 Å². The molecule has 0 aromatic heterocycles. The Morgan fingerprint density at radius 1 is 1.14 bits per heavy atom. The van der Waals surface area contributed by atoms with Crippen molar-refractivity contribution in [1.82, 2.24) is 4.58 Å². The molecule has 0 atom stereocenters. The molecule has 2 heterocycles. The molecule has 0 saturated carbocycles. The molecular formula is C23H19IrN2O2S+. The van der Waals surface area contributed by atoms with E-state index in [1.54, 1.807) is 0 Å². The summed E-state index contributed by atoms with van der Waals surface area (Å²) in [6, 6.07) is 24.0. The van der Waals surface area contributed by atoms with Gasteiger partial charge in [-0.15, -0.1) is 40.7 Å². The molecule has 4 nitrogen and oxygen atoms in total. The van der Waals surface area contributed by atoms with Crippen LogP contribution in [0.5, 0.6) is 0 Å². The molecule has 0 amide bonds. The molecule has 0 fully saturated rings. The first-order chi connectivity index (χ1) is 13.4. The minimum Gasteiger partial charge on any atom is -0.512 e. The molecule has 3 aromatic carbocycles. The summed E-state index contributed by atoms with van der Waals surface area (Å²) in [6.07, 6.45) is 1.17. The van der Waals surface area contributed by atoms with Crippen LogP contribution in [0, 0.1) is 6.07 Å². The normalized spacial score (nSPS) is 13.3. The molecule has 1 radical (unpaired) electrons. The maximum atomic E-state index is 10.0. The minimum absolute atomic E-state index is 0. The van der Waals surface area contributed by atoms with Crippen molar-refractivity contribution in [2.75, 3.05) is 7.05 Å². The quantitative estimate of drug-likeness (QED) is 0.142. The third-order valence-electron chi connectivity index (χ3n) is 4.40. The molecule has 1 N–H and O–H groups in total. The van der Waals surface area contributed by atoms with Gasteiger partial charge in [-0.25, -0.2) is 0 Å². The van der Waals surface area contributed by atoms with Crippen LogP contribution in [0.1, 0.15) is 13.8 Å². The fourth-order valence-corrected chi connectivity index (χ4v) is 4.40. The molecule has 0 unspecified atom stereocenters. The fraction of sp³-hybridized carbons (Fsp3) is 0.130. The van der Waals surface area contributed by atoms with Gasteiger partial charge in [0.1, 0.15) is 0 Å². The fourth-order valence-electron chi connectivity index (χ4n) is 3.30. The first kappa shape index (κ1) is 21.2. The monoisotopic (exact) mass is 580 g/mol. The van der Waals surface area contributed by atoms with E-state index in [1.165, 1.54) is 46.5 Å². The standard InChI is InChI=1S/C18H11N2S.C5H8O2.Ir/c1-19-11-20-15-9-12-5-2-3-6-13(12)10-17(15)21-16-8-4-7-14(19)18(16)20;1-4(6)3-5(2)7;/h2-8,10H,1H3;3,6H,1-2H3;/q+1;;/b;4-3-;. The molecule has 5 rings (SSSR count). The van der Waals surface area contributed by atoms with Gasteiger partial charge < -0.3 is 5.11 Å². The number of aliphatic hydroxyl groups is 1. The van der Waals surface area contributed by atoms with Gasteiger partial charge in [0, 0.05) is 37.1 Å². The summed E-state index contributed by atoms with van der Waals surface area (Å²) < 4.78 is 4.19. The van der Waals surface area contributed by atoms with Gasteiger partial charge in [-0.1, -0.05) is 33.4 Å². The number of carbonyl (C=O) groups is 1. The number of para-hydroxylation sites is 1. The summed E-state index contributed by atoms with van der Waals surface area (Å²) in [5.41, 5.74) is 3.53. The van der Waals surface area contributed by atoms with Crippen LogP contribution in [0.15, 0.2) is 70.2 Å². The summed E-state index contributed by atoms with van der Waals surface area (Å²) in [7, 11) is 2.04. The Morgan fingerprint density at radius 2 is 1.90 bits per heavy atom. The number of rotatable bonds is 1. The number of hydrogen-bond acceptors (Lipinski definition) is 3. The molecule has 0 spiro atoms. The average Bonchev–Trinajstić information content (AvgIpc) is 2.98. The molecule has 2 aliphatic heterocycles. The number of hydrogen-bond donors (Lipinski definition) is 1. The minimum atomic E-state index is -0.125. The Bertz CT molecular complexity index is 1240. The molecular weight excluding hydrogens is 561 g/mol. The number of allylic oxidation sites excluding steroid dienone is 2. The van der Waals surface area contributed by atoms with Gasteiger partial charge in [0.05, 0.1) is 10.7 Å². The summed E-state index contributed by atoms with van der Waals surface area (Å²) in [4.78, 5) is 12.5. The topological polar surface area (TPSA) is 43.3 Å². The summed E-state index contributed by atoms with van der Waals surface area (Å²) in [5, 5.41) is 10.7. The number of benzene rings is 3. The second-order valence-electron chi connectivity index (χ2n) is 6.69. The van der Waals surface area contributed by atoms with Crippen LogP contribution in [-0.4, -0.2) is 28.5 Å². The van der Waals surface area contributed by atoms with Gasteiger partial charge in [-0.05, 0) is 19.9 Å². The van der Waals surface area contributed by atoms with Crippen molar-refractivity contribution in [1.29, 1.82) is 0 Å². The van der Waals surface area contributed by atoms with Crippen molar-refractivity contribution < 1.29 is 34.6 Å². The maximum Gasteiger partial charge on any atom is 0.494 e. The third-order valence-corrected chi connectivity index (χ3v) is 5.48. The Kier molecular flexibility index (Phi) is 6.21. The molecule has 0 aliphatic carbocycles. The van der Waals surface area contributed by atoms with Gasteiger partial charge in [-0.3, -0.25) is 4.79 Å². The number of fused-ring (bicyclic) bond motifs is 3. The zero-order valence-electron chi connectivity index (χ0n) is 16.2. The molecule has 29 heavy (non-hydrogen) atoms. The molecule has 0 saturated heterocycles. The van der Waals surface area contributed by atoms with Gasteiger partial charge in [0.2, 0.25) is 0 Å². The second-order valence-corrected chi connectivity index (χ2v) is 7.77. The van der Waals surface area contributed by atoms with E-state index in [4.69, 9.17) is 5.11 Å². The third kappa shape index (κ3) is 4.12. The van der Waals surface area contributed by atoms with E-state index in [0.717, 1.165) is 11.1 Å². The zero-order chi connectivity index (χ0) is 19.8. The van der Waals surface area contributed by atoms with Gasteiger partial charge >= 0.3 is 11.7 Å². The van der Waals surface area contributed by atoms with E-state index in [1.807, 2.05) is 18.8 Å². The molecule has 0 bridgehead atoms.